The van der Waals surface area contributed by atoms with Crippen molar-refractivity contribution in [2.24, 2.45) is 0 Å². The molecule has 146 valence electrons. The lowest BCUT2D eigenvalue weighted by Crippen LogP contribution is -2.58. The third kappa shape index (κ3) is 3.53. The first-order chi connectivity index (χ1) is 13.5. The lowest BCUT2D eigenvalue weighted by atomic mass is 10.1. The molecule has 1 aliphatic rings. The Balaban J connectivity index is 1.44. The van der Waals surface area contributed by atoms with Gasteiger partial charge in [0.15, 0.2) is 11.6 Å². The Bertz CT molecular complexity index is 955. The number of hydrogen-bond acceptors (Lipinski definition) is 8. The molecule has 9 heteroatoms. The third-order valence-corrected chi connectivity index (χ3v) is 4.87. The first kappa shape index (κ1) is 18.3. The molecule has 1 fully saturated rings. The molecular formula is C19H21FN6O2. The number of aromatic nitrogens is 4. The largest absolute Gasteiger partial charge is 0.497 e. The van der Waals surface area contributed by atoms with Crippen molar-refractivity contribution in [3.63, 3.8) is 0 Å². The molecule has 3 heterocycles. The number of aryl methyl sites for hydroxylation is 1. The summed E-state index contributed by atoms with van der Waals surface area (Å²) in [6.07, 6.45) is 1.40. The van der Waals surface area contributed by atoms with Gasteiger partial charge in [0.05, 0.1) is 13.7 Å². The van der Waals surface area contributed by atoms with E-state index in [-0.39, 0.29) is 11.7 Å². The SMILES string of the molecule is COc1ccc(-c2ncnc(N3CC(N(C)Cc4nnc(C)o4)C3)c2F)cc1. The van der Waals surface area contributed by atoms with Crippen molar-refractivity contribution in [3.8, 4) is 17.0 Å². The minimum atomic E-state index is -0.415. The minimum absolute atomic E-state index is 0.256. The highest BCUT2D eigenvalue weighted by atomic mass is 19.1. The minimum Gasteiger partial charge on any atom is -0.497 e. The monoisotopic (exact) mass is 384 g/mol. The van der Waals surface area contributed by atoms with E-state index in [1.54, 1.807) is 38.3 Å². The van der Waals surface area contributed by atoms with Crippen molar-refractivity contribution in [2.75, 3.05) is 32.1 Å². The molecule has 0 aliphatic carbocycles. The zero-order chi connectivity index (χ0) is 19.7. The van der Waals surface area contributed by atoms with Gasteiger partial charge in [0.2, 0.25) is 11.8 Å². The van der Waals surface area contributed by atoms with Crippen molar-refractivity contribution in [2.45, 2.75) is 19.5 Å². The summed E-state index contributed by atoms with van der Waals surface area (Å²) in [5.41, 5.74) is 0.966. The van der Waals surface area contributed by atoms with Gasteiger partial charge >= 0.3 is 0 Å². The average Bonchev–Trinajstić information content (AvgIpc) is 3.06. The Morgan fingerprint density at radius 2 is 1.96 bits per heavy atom. The lowest BCUT2D eigenvalue weighted by molar-refractivity contribution is 0.179. The van der Waals surface area contributed by atoms with E-state index in [2.05, 4.69) is 25.1 Å². The maximum absolute atomic E-state index is 15.0. The van der Waals surface area contributed by atoms with E-state index in [4.69, 9.17) is 9.15 Å². The molecule has 8 nitrogen and oxygen atoms in total. The summed E-state index contributed by atoms with van der Waals surface area (Å²) >= 11 is 0. The van der Waals surface area contributed by atoms with Gasteiger partial charge in [-0.2, -0.15) is 0 Å². The van der Waals surface area contributed by atoms with Crippen LogP contribution >= 0.6 is 0 Å². The topological polar surface area (TPSA) is 80.4 Å². The number of nitrogens with zero attached hydrogens (tertiary/aromatic N) is 6. The molecule has 1 aromatic carbocycles. The molecule has 0 unspecified atom stereocenters. The highest BCUT2D eigenvalue weighted by Crippen LogP contribution is 2.30. The molecule has 0 saturated carbocycles. The Hall–Kier alpha value is -3.07. The molecule has 4 rings (SSSR count). The van der Waals surface area contributed by atoms with Crippen molar-refractivity contribution >= 4 is 5.82 Å². The number of benzene rings is 1. The van der Waals surface area contributed by atoms with Crippen LogP contribution in [0.2, 0.25) is 0 Å². The second-order valence-corrected chi connectivity index (χ2v) is 6.78. The second-order valence-electron chi connectivity index (χ2n) is 6.78. The van der Waals surface area contributed by atoms with Crippen LogP contribution in [0, 0.1) is 12.7 Å². The van der Waals surface area contributed by atoms with E-state index >= 15 is 4.39 Å². The van der Waals surface area contributed by atoms with Crippen molar-refractivity contribution in [1.82, 2.24) is 25.1 Å². The summed E-state index contributed by atoms with van der Waals surface area (Å²) in [6, 6.07) is 7.39. The normalized spacial score (nSPS) is 14.4. The molecule has 0 amide bonds. The van der Waals surface area contributed by atoms with Gasteiger partial charge < -0.3 is 14.1 Å². The number of rotatable bonds is 6. The third-order valence-electron chi connectivity index (χ3n) is 4.87. The smallest absolute Gasteiger partial charge is 0.230 e. The number of likely N-dealkylation sites (N-methyl/N-ethyl adjacent to an activating group) is 1. The van der Waals surface area contributed by atoms with E-state index in [0.29, 0.717) is 48.5 Å². The Labute approximate surface area is 162 Å². The van der Waals surface area contributed by atoms with Gasteiger partial charge in [-0.05, 0) is 31.3 Å². The van der Waals surface area contributed by atoms with Crippen LogP contribution in [0.1, 0.15) is 11.8 Å². The van der Waals surface area contributed by atoms with Gasteiger partial charge in [-0.3, -0.25) is 4.90 Å². The summed E-state index contributed by atoms with van der Waals surface area (Å²) in [5, 5.41) is 7.85. The highest BCUT2D eigenvalue weighted by molar-refractivity contribution is 5.65. The lowest BCUT2D eigenvalue weighted by Gasteiger charge is -2.44. The van der Waals surface area contributed by atoms with Crippen LogP contribution in [0.25, 0.3) is 11.3 Å². The summed E-state index contributed by atoms with van der Waals surface area (Å²) in [4.78, 5) is 12.3. The van der Waals surface area contributed by atoms with Gasteiger partial charge in [-0.15, -0.1) is 10.2 Å². The Morgan fingerprint density at radius 1 is 1.21 bits per heavy atom. The number of ether oxygens (including phenoxy) is 1. The van der Waals surface area contributed by atoms with Crippen LogP contribution in [0.5, 0.6) is 5.75 Å². The van der Waals surface area contributed by atoms with Gasteiger partial charge in [0.25, 0.3) is 0 Å². The van der Waals surface area contributed by atoms with Crippen LogP contribution < -0.4 is 9.64 Å². The molecule has 1 saturated heterocycles. The zero-order valence-corrected chi connectivity index (χ0v) is 16.0. The van der Waals surface area contributed by atoms with Crippen molar-refractivity contribution in [1.29, 1.82) is 0 Å². The van der Waals surface area contributed by atoms with E-state index in [0.717, 1.165) is 0 Å². The number of hydrogen-bond donors (Lipinski definition) is 0. The molecular weight excluding hydrogens is 363 g/mol. The predicted molar refractivity (Wildman–Crippen MR) is 100 cm³/mol. The standard InChI is InChI=1S/C19H21FN6O2/c1-12-23-24-16(28-12)10-25(2)14-8-26(9-14)19-17(20)18(21-11-22-19)13-4-6-15(27-3)7-5-13/h4-7,11,14H,8-10H2,1-3H3. The quantitative estimate of drug-likeness (QED) is 0.641. The van der Waals surface area contributed by atoms with E-state index in [1.807, 2.05) is 11.9 Å². The van der Waals surface area contributed by atoms with Crippen LogP contribution in [0.4, 0.5) is 10.2 Å². The maximum atomic E-state index is 15.0. The molecule has 0 radical (unpaired) electrons. The second kappa shape index (κ2) is 7.51. The van der Waals surface area contributed by atoms with Gasteiger partial charge in [-0.25, -0.2) is 14.4 Å². The van der Waals surface area contributed by atoms with E-state index in [9.17, 15) is 0 Å². The summed E-state index contributed by atoms with van der Waals surface area (Å²) < 4.78 is 25.6. The van der Waals surface area contributed by atoms with Gasteiger partial charge in [0.1, 0.15) is 17.8 Å². The van der Waals surface area contributed by atoms with Crippen LogP contribution in [0.15, 0.2) is 35.0 Å². The zero-order valence-electron chi connectivity index (χ0n) is 16.0. The molecule has 28 heavy (non-hydrogen) atoms. The molecule has 3 aromatic rings. The van der Waals surface area contributed by atoms with Crippen molar-refractivity contribution < 1.29 is 13.5 Å². The molecule has 0 N–H and O–H groups in total. The fourth-order valence-corrected chi connectivity index (χ4v) is 3.18. The number of halogens is 1. The summed E-state index contributed by atoms with van der Waals surface area (Å²) in [5.74, 6) is 1.74. The molecule has 0 spiro atoms. The van der Waals surface area contributed by atoms with Gasteiger partial charge in [-0.1, -0.05) is 0 Å². The summed E-state index contributed by atoms with van der Waals surface area (Å²) in [7, 11) is 3.58. The average molecular weight is 384 g/mol. The maximum Gasteiger partial charge on any atom is 0.230 e. The molecule has 0 atom stereocenters. The molecule has 1 aliphatic heterocycles. The van der Waals surface area contributed by atoms with Crippen LogP contribution in [0.3, 0.4) is 0 Å². The first-order valence-electron chi connectivity index (χ1n) is 8.94. The predicted octanol–water partition coefficient (Wildman–Crippen LogP) is 2.30. The number of anilines is 1. The fourth-order valence-electron chi connectivity index (χ4n) is 3.18. The van der Waals surface area contributed by atoms with Crippen molar-refractivity contribution in [3.05, 3.63) is 48.2 Å². The molecule has 0 bridgehead atoms. The summed E-state index contributed by atoms with van der Waals surface area (Å²) in [6.45, 7) is 3.65. The first-order valence-corrected chi connectivity index (χ1v) is 8.94. The van der Waals surface area contributed by atoms with E-state index < -0.39 is 5.82 Å². The highest BCUT2D eigenvalue weighted by Gasteiger charge is 2.33. The fraction of sp³-hybridized carbons (Fsp3) is 0.368. The molecule has 2 aromatic heterocycles. The van der Waals surface area contributed by atoms with Gasteiger partial charge in [0, 0.05) is 31.6 Å². The van der Waals surface area contributed by atoms with Crippen LogP contribution in [-0.4, -0.2) is 58.4 Å². The van der Waals surface area contributed by atoms with Crippen LogP contribution in [-0.2, 0) is 6.54 Å². The Kier molecular flexibility index (Phi) is 4.91. The number of methoxy groups -OCH3 is 1. The van der Waals surface area contributed by atoms with E-state index in [1.165, 1.54) is 6.33 Å². The Morgan fingerprint density at radius 3 is 2.61 bits per heavy atom.